The first kappa shape index (κ1) is 33.3. The Hall–Kier alpha value is -4.05. The van der Waals surface area contributed by atoms with Crippen LogP contribution < -0.4 is 15.4 Å². The molecule has 0 radical (unpaired) electrons. The number of methoxy groups -OCH3 is 1. The van der Waals surface area contributed by atoms with Gasteiger partial charge in [-0.2, -0.15) is 0 Å². The van der Waals surface area contributed by atoms with E-state index in [1.54, 1.807) is 42.7 Å². The number of benzene rings is 3. The number of aromatic nitrogens is 1. The minimum atomic E-state index is -0.858. The molecular weight excluding hydrogens is 596 g/mol. The Morgan fingerprint density at radius 2 is 1.72 bits per heavy atom. The maximum Gasteiger partial charge on any atom is 0.254 e. The van der Waals surface area contributed by atoms with Gasteiger partial charge in [0.1, 0.15) is 10.8 Å². The van der Waals surface area contributed by atoms with E-state index in [0.717, 1.165) is 53.3 Å². The fourth-order valence-corrected chi connectivity index (χ4v) is 6.80. The second-order valence-corrected chi connectivity index (χ2v) is 13.0. The van der Waals surface area contributed by atoms with Gasteiger partial charge in [0.05, 0.1) is 25.8 Å². The van der Waals surface area contributed by atoms with E-state index in [-0.39, 0.29) is 24.4 Å². The van der Waals surface area contributed by atoms with Gasteiger partial charge in [-0.05, 0) is 67.6 Å². The maximum atomic E-state index is 14.0. The van der Waals surface area contributed by atoms with Crippen LogP contribution in [-0.2, 0) is 19.5 Å². The molecule has 3 N–H and O–H groups in total. The number of hydrogen-bond acceptors (Lipinski definition) is 7. The van der Waals surface area contributed by atoms with Gasteiger partial charge in [0.15, 0.2) is 0 Å². The minimum Gasteiger partial charge on any atom is -0.497 e. The van der Waals surface area contributed by atoms with Gasteiger partial charge in [0, 0.05) is 41.3 Å². The predicted octanol–water partition coefficient (Wildman–Crippen LogP) is 5.93. The second-order valence-electron chi connectivity index (χ2n) is 12.0. The van der Waals surface area contributed by atoms with Gasteiger partial charge in [-0.25, -0.2) is 4.98 Å². The maximum absolute atomic E-state index is 14.0. The standard InChI is InChI=1S/C37H44N4O4S/c1-26-25-46-35(39-26)24-41(31-16-7-4-8-17-31)37(44)30-15-10-14-29(21-30)36(43)40-33(20-27-11-5-3-6-12-27)34(42)23-38-22-28-13-9-18-32(19-28)45-2/h3,5-6,9-15,18-19,21,25,31,33-34,38,42H,4,7-8,16-17,20,22-24H2,1-2H3,(H,40,43). The van der Waals surface area contributed by atoms with E-state index in [9.17, 15) is 14.7 Å². The summed E-state index contributed by atoms with van der Waals surface area (Å²) in [7, 11) is 1.63. The van der Waals surface area contributed by atoms with Crippen molar-refractivity contribution in [3.63, 3.8) is 0 Å². The van der Waals surface area contributed by atoms with Crippen molar-refractivity contribution in [1.82, 2.24) is 20.5 Å². The fourth-order valence-electron chi connectivity index (χ4n) is 6.03. The topological polar surface area (TPSA) is 104 Å². The Labute approximate surface area is 275 Å². The average molecular weight is 641 g/mol. The number of hydrogen-bond donors (Lipinski definition) is 3. The number of thiazole rings is 1. The molecule has 2 unspecified atom stereocenters. The van der Waals surface area contributed by atoms with Crippen LogP contribution in [0.2, 0.25) is 0 Å². The van der Waals surface area contributed by atoms with Gasteiger partial charge in [-0.15, -0.1) is 11.3 Å². The summed E-state index contributed by atoms with van der Waals surface area (Å²) < 4.78 is 5.32. The summed E-state index contributed by atoms with van der Waals surface area (Å²) in [5.41, 5.74) is 3.85. The van der Waals surface area contributed by atoms with Crippen LogP contribution in [0, 0.1) is 6.92 Å². The molecule has 1 aromatic heterocycles. The third-order valence-electron chi connectivity index (χ3n) is 8.52. The van der Waals surface area contributed by atoms with Crippen molar-refractivity contribution in [1.29, 1.82) is 0 Å². The van der Waals surface area contributed by atoms with Crippen LogP contribution in [0.5, 0.6) is 5.75 Å². The third-order valence-corrected chi connectivity index (χ3v) is 9.47. The zero-order valence-electron chi connectivity index (χ0n) is 26.7. The summed E-state index contributed by atoms with van der Waals surface area (Å²) in [6, 6.07) is 24.1. The molecule has 0 spiro atoms. The number of carbonyl (C=O) groups excluding carboxylic acids is 2. The first-order valence-corrected chi connectivity index (χ1v) is 17.0. The minimum absolute atomic E-state index is 0.0861. The number of aliphatic hydroxyl groups is 1. The molecule has 1 fully saturated rings. The van der Waals surface area contributed by atoms with Crippen molar-refractivity contribution >= 4 is 23.2 Å². The Balaban J connectivity index is 1.29. The molecule has 1 aliphatic rings. The number of amides is 2. The van der Waals surface area contributed by atoms with Gasteiger partial charge in [0.2, 0.25) is 0 Å². The Kier molecular flexibility index (Phi) is 11.9. The lowest BCUT2D eigenvalue weighted by Gasteiger charge is -2.34. The highest BCUT2D eigenvalue weighted by atomic mass is 32.1. The molecule has 1 aliphatic carbocycles. The number of ether oxygens (including phenoxy) is 1. The van der Waals surface area contributed by atoms with Crippen LogP contribution in [0.1, 0.15) is 74.6 Å². The Morgan fingerprint density at radius 1 is 0.978 bits per heavy atom. The average Bonchev–Trinajstić information content (AvgIpc) is 3.51. The number of carbonyl (C=O) groups is 2. The molecule has 4 aromatic rings. The Bertz CT molecular complexity index is 1570. The third kappa shape index (κ3) is 9.25. The van der Waals surface area contributed by atoms with Gasteiger partial charge < -0.3 is 25.4 Å². The molecule has 1 saturated carbocycles. The van der Waals surface area contributed by atoms with Gasteiger partial charge >= 0.3 is 0 Å². The number of rotatable bonds is 14. The molecule has 1 heterocycles. The normalized spacial score (nSPS) is 14.8. The SMILES string of the molecule is COc1cccc(CNCC(O)C(Cc2ccccc2)NC(=O)c2cccc(C(=O)N(Cc3nc(C)cs3)C3CCCCC3)c2)c1. The van der Waals surface area contributed by atoms with Crippen molar-refractivity contribution in [2.45, 2.75) is 76.7 Å². The predicted molar refractivity (Wildman–Crippen MR) is 182 cm³/mol. The highest BCUT2D eigenvalue weighted by Crippen LogP contribution is 2.27. The highest BCUT2D eigenvalue weighted by molar-refractivity contribution is 7.09. The van der Waals surface area contributed by atoms with Crippen LogP contribution in [0.15, 0.2) is 84.2 Å². The van der Waals surface area contributed by atoms with Crippen LogP contribution >= 0.6 is 11.3 Å². The fraction of sp³-hybridized carbons (Fsp3) is 0.378. The van der Waals surface area contributed by atoms with Gasteiger partial charge in [0.25, 0.3) is 11.8 Å². The highest BCUT2D eigenvalue weighted by Gasteiger charge is 2.28. The number of nitrogens with zero attached hydrogens (tertiary/aromatic N) is 2. The Morgan fingerprint density at radius 3 is 2.46 bits per heavy atom. The lowest BCUT2D eigenvalue weighted by atomic mass is 9.93. The zero-order valence-corrected chi connectivity index (χ0v) is 27.5. The smallest absolute Gasteiger partial charge is 0.254 e. The molecule has 0 saturated heterocycles. The first-order valence-electron chi connectivity index (χ1n) is 16.1. The van der Waals surface area contributed by atoms with E-state index < -0.39 is 12.1 Å². The molecule has 2 amide bonds. The summed E-state index contributed by atoms with van der Waals surface area (Å²) in [6.07, 6.45) is 4.94. The number of nitrogens with one attached hydrogen (secondary N) is 2. The first-order chi connectivity index (χ1) is 22.4. The largest absolute Gasteiger partial charge is 0.497 e. The lowest BCUT2D eigenvalue weighted by Crippen LogP contribution is -2.48. The van der Waals surface area contributed by atoms with Crippen LogP contribution in [-0.4, -0.2) is 58.6 Å². The number of aliphatic hydroxyl groups excluding tert-OH is 1. The van der Waals surface area contributed by atoms with Crippen LogP contribution in [0.3, 0.4) is 0 Å². The van der Waals surface area contributed by atoms with Crippen molar-refractivity contribution in [3.05, 3.63) is 117 Å². The second kappa shape index (κ2) is 16.5. The number of aryl methyl sites for hydroxylation is 1. The summed E-state index contributed by atoms with van der Waals surface area (Å²) in [5, 5.41) is 20.6. The molecule has 46 heavy (non-hydrogen) atoms. The zero-order chi connectivity index (χ0) is 32.3. The summed E-state index contributed by atoms with van der Waals surface area (Å²) in [6.45, 7) is 3.25. The van der Waals surface area contributed by atoms with E-state index in [2.05, 4.69) is 15.6 Å². The van der Waals surface area contributed by atoms with Gasteiger partial charge in [-0.1, -0.05) is 67.8 Å². The van der Waals surface area contributed by atoms with E-state index >= 15 is 0 Å². The molecule has 2 atom stereocenters. The molecule has 9 heteroatoms. The van der Waals surface area contributed by atoms with Crippen molar-refractivity contribution in [3.8, 4) is 5.75 Å². The lowest BCUT2D eigenvalue weighted by molar-refractivity contribution is 0.0614. The summed E-state index contributed by atoms with van der Waals surface area (Å²) >= 11 is 1.57. The van der Waals surface area contributed by atoms with E-state index in [0.29, 0.717) is 30.6 Å². The van der Waals surface area contributed by atoms with E-state index in [4.69, 9.17) is 4.74 Å². The van der Waals surface area contributed by atoms with Crippen molar-refractivity contribution in [2.75, 3.05) is 13.7 Å². The van der Waals surface area contributed by atoms with Gasteiger partial charge in [-0.3, -0.25) is 9.59 Å². The van der Waals surface area contributed by atoms with E-state index in [1.807, 2.05) is 71.8 Å². The summed E-state index contributed by atoms with van der Waals surface area (Å²) in [4.78, 5) is 34.2. The molecule has 0 aliphatic heterocycles. The molecule has 0 bridgehead atoms. The molecular formula is C37H44N4O4S. The van der Waals surface area contributed by atoms with Crippen LogP contribution in [0.25, 0.3) is 0 Å². The molecule has 8 nitrogen and oxygen atoms in total. The van der Waals surface area contributed by atoms with Crippen LogP contribution in [0.4, 0.5) is 0 Å². The quantitative estimate of drug-likeness (QED) is 0.158. The molecule has 5 rings (SSSR count). The monoisotopic (exact) mass is 640 g/mol. The van der Waals surface area contributed by atoms with Crippen molar-refractivity contribution in [2.24, 2.45) is 0 Å². The van der Waals surface area contributed by atoms with E-state index in [1.165, 1.54) is 6.42 Å². The summed E-state index contributed by atoms with van der Waals surface area (Å²) in [5.74, 6) is 0.356. The van der Waals surface area contributed by atoms with Crippen molar-refractivity contribution < 1.29 is 19.4 Å². The molecule has 3 aromatic carbocycles. The molecule has 242 valence electrons.